The highest BCUT2D eigenvalue weighted by Gasteiger charge is 2.26. The lowest BCUT2D eigenvalue weighted by Gasteiger charge is -2.28. The number of rotatable bonds is 7. The number of amides is 1. The molecule has 30 heavy (non-hydrogen) atoms. The maximum Gasteiger partial charge on any atom is 0.251 e. The molecule has 0 saturated carbocycles. The van der Waals surface area contributed by atoms with Crippen LogP contribution in [-0.4, -0.2) is 26.0 Å². The van der Waals surface area contributed by atoms with Crippen LogP contribution in [0.25, 0.3) is 11.0 Å². The molecule has 0 atom stereocenters. The summed E-state index contributed by atoms with van der Waals surface area (Å²) in [7, 11) is 0. The summed E-state index contributed by atoms with van der Waals surface area (Å²) in [5.41, 5.74) is 3.64. The molecule has 0 spiro atoms. The van der Waals surface area contributed by atoms with Gasteiger partial charge in [-0.2, -0.15) is 0 Å². The predicted molar refractivity (Wildman–Crippen MR) is 118 cm³/mol. The van der Waals surface area contributed by atoms with Gasteiger partial charge in [0.15, 0.2) is 0 Å². The number of carbonyl (C=O) groups is 1. The number of fused-ring (bicyclic) bond motifs is 1. The zero-order valence-corrected chi connectivity index (χ0v) is 18.2. The molecule has 3 aromatic rings. The van der Waals surface area contributed by atoms with Crippen LogP contribution in [0.4, 0.5) is 5.82 Å². The van der Waals surface area contributed by atoms with Crippen molar-refractivity contribution in [2.24, 2.45) is 16.2 Å². The van der Waals surface area contributed by atoms with Gasteiger partial charge in [0.2, 0.25) is 5.82 Å². The zero-order valence-electron chi connectivity index (χ0n) is 18.2. The Hall–Kier alpha value is -3.29. The highest BCUT2D eigenvalue weighted by molar-refractivity contribution is 5.94. The van der Waals surface area contributed by atoms with Gasteiger partial charge in [0, 0.05) is 24.2 Å². The van der Waals surface area contributed by atoms with E-state index in [1.807, 2.05) is 58.0 Å². The summed E-state index contributed by atoms with van der Waals surface area (Å²) in [6.07, 6.45) is 1.74. The zero-order chi connectivity index (χ0) is 21.9. The van der Waals surface area contributed by atoms with Crippen molar-refractivity contribution in [3.8, 4) is 0 Å². The molecule has 2 aromatic heterocycles. The second-order valence-corrected chi connectivity index (χ2v) is 8.13. The summed E-state index contributed by atoms with van der Waals surface area (Å²) in [5, 5.41) is 10.6. The van der Waals surface area contributed by atoms with Gasteiger partial charge < -0.3 is 15.7 Å². The van der Waals surface area contributed by atoms with Crippen LogP contribution in [0.2, 0.25) is 0 Å². The van der Waals surface area contributed by atoms with E-state index in [-0.39, 0.29) is 5.91 Å². The molecular formula is C22H29N7O. The maximum absolute atomic E-state index is 12.7. The molecule has 0 unspecified atom stereocenters. The van der Waals surface area contributed by atoms with Gasteiger partial charge in [-0.15, -0.1) is 5.11 Å². The van der Waals surface area contributed by atoms with E-state index < -0.39 is 5.54 Å². The van der Waals surface area contributed by atoms with Crippen LogP contribution in [-0.2, 0) is 13.0 Å². The van der Waals surface area contributed by atoms with Crippen LogP contribution in [0, 0.1) is 13.8 Å². The average Bonchev–Trinajstić information content (AvgIpc) is 3.04. The van der Waals surface area contributed by atoms with E-state index in [9.17, 15) is 4.79 Å². The molecule has 0 fully saturated rings. The van der Waals surface area contributed by atoms with E-state index in [1.54, 1.807) is 0 Å². The maximum atomic E-state index is 12.7. The molecule has 0 aliphatic rings. The van der Waals surface area contributed by atoms with Gasteiger partial charge in [0.1, 0.15) is 11.3 Å². The summed E-state index contributed by atoms with van der Waals surface area (Å²) in [4.78, 5) is 22.1. The number of imidazole rings is 1. The summed E-state index contributed by atoms with van der Waals surface area (Å²) >= 11 is 0. The van der Waals surface area contributed by atoms with E-state index in [0.29, 0.717) is 23.4 Å². The van der Waals surface area contributed by atoms with E-state index in [4.69, 9.17) is 10.8 Å². The molecule has 158 valence electrons. The first-order chi connectivity index (χ1) is 14.3. The first-order valence-electron chi connectivity index (χ1n) is 10.1. The fraction of sp³-hybridized carbons (Fsp3) is 0.409. The summed E-state index contributed by atoms with van der Waals surface area (Å²) in [6.45, 7) is 10.7. The Morgan fingerprint density at radius 1 is 1.20 bits per heavy atom. The Bertz CT molecular complexity index is 1080. The number of pyridine rings is 1. The molecule has 0 bridgehead atoms. The van der Waals surface area contributed by atoms with Crippen molar-refractivity contribution >= 4 is 22.8 Å². The van der Waals surface area contributed by atoms with Crippen molar-refractivity contribution in [1.29, 1.82) is 0 Å². The minimum atomic E-state index is -0.512. The Balaban J connectivity index is 2.05. The second-order valence-electron chi connectivity index (χ2n) is 8.13. The molecule has 0 aliphatic carbocycles. The highest BCUT2D eigenvalue weighted by atomic mass is 16.1. The fourth-order valence-electron chi connectivity index (χ4n) is 3.62. The monoisotopic (exact) mass is 407 g/mol. The number of aryl methyl sites for hydroxylation is 3. The minimum absolute atomic E-state index is 0.103. The SMILES string of the molecule is CCCc1nc2c(N=NN)nc(C)c(C)c2n1CC(C)(C)NC(=O)c1ccccc1. The number of carbonyl (C=O) groups excluding carboxylic acids is 1. The van der Waals surface area contributed by atoms with Gasteiger partial charge in [-0.1, -0.05) is 30.3 Å². The number of nitrogens with zero attached hydrogens (tertiary/aromatic N) is 5. The Morgan fingerprint density at radius 2 is 1.90 bits per heavy atom. The summed E-state index contributed by atoms with van der Waals surface area (Å²) in [6, 6.07) is 9.23. The lowest BCUT2D eigenvalue weighted by atomic mass is 10.0. The molecule has 8 nitrogen and oxygen atoms in total. The van der Waals surface area contributed by atoms with Crippen LogP contribution >= 0.6 is 0 Å². The molecule has 0 radical (unpaired) electrons. The highest BCUT2D eigenvalue weighted by Crippen LogP contribution is 2.31. The molecule has 0 aliphatic heterocycles. The van der Waals surface area contributed by atoms with E-state index in [0.717, 1.165) is 35.4 Å². The molecular weight excluding hydrogens is 378 g/mol. The normalized spacial score (nSPS) is 12.0. The molecule has 0 saturated heterocycles. The van der Waals surface area contributed by atoms with Crippen LogP contribution in [0.3, 0.4) is 0 Å². The molecule has 2 heterocycles. The third-order valence-corrected chi connectivity index (χ3v) is 5.10. The molecule has 1 aromatic carbocycles. The van der Waals surface area contributed by atoms with Crippen molar-refractivity contribution in [1.82, 2.24) is 19.9 Å². The average molecular weight is 408 g/mol. The van der Waals surface area contributed by atoms with Gasteiger partial charge >= 0.3 is 0 Å². The number of hydrogen-bond donors (Lipinski definition) is 2. The number of nitrogens with one attached hydrogen (secondary N) is 1. The van der Waals surface area contributed by atoms with Crippen molar-refractivity contribution in [2.75, 3.05) is 0 Å². The Kier molecular flexibility index (Phi) is 6.14. The lowest BCUT2D eigenvalue weighted by Crippen LogP contribution is -2.46. The third-order valence-electron chi connectivity index (χ3n) is 5.10. The number of aromatic nitrogens is 3. The summed E-state index contributed by atoms with van der Waals surface area (Å²) in [5.74, 6) is 6.53. The van der Waals surface area contributed by atoms with E-state index >= 15 is 0 Å². The quantitative estimate of drug-likeness (QED) is 0.348. The number of hydrogen-bond acceptors (Lipinski definition) is 5. The van der Waals surface area contributed by atoms with Crippen LogP contribution in [0.15, 0.2) is 40.7 Å². The van der Waals surface area contributed by atoms with E-state index in [1.165, 1.54) is 0 Å². The van der Waals surface area contributed by atoms with Gasteiger partial charge in [-0.25, -0.2) is 9.97 Å². The van der Waals surface area contributed by atoms with Crippen molar-refractivity contribution in [3.05, 3.63) is 53.0 Å². The van der Waals surface area contributed by atoms with E-state index in [2.05, 4.69) is 32.1 Å². The fourth-order valence-corrected chi connectivity index (χ4v) is 3.62. The van der Waals surface area contributed by atoms with Crippen molar-refractivity contribution in [3.63, 3.8) is 0 Å². The van der Waals surface area contributed by atoms with Crippen molar-refractivity contribution in [2.45, 2.75) is 59.5 Å². The van der Waals surface area contributed by atoms with Gasteiger partial charge in [0.25, 0.3) is 5.91 Å². The first kappa shape index (κ1) is 21.4. The van der Waals surface area contributed by atoms with Crippen molar-refractivity contribution < 1.29 is 4.79 Å². The third kappa shape index (κ3) is 4.32. The molecule has 8 heteroatoms. The predicted octanol–water partition coefficient (Wildman–Crippen LogP) is 4.17. The lowest BCUT2D eigenvalue weighted by molar-refractivity contribution is 0.0905. The Morgan fingerprint density at radius 3 is 2.53 bits per heavy atom. The van der Waals surface area contributed by atoms with Gasteiger partial charge in [-0.3, -0.25) is 4.79 Å². The van der Waals surface area contributed by atoms with Gasteiger partial charge in [0.05, 0.1) is 11.1 Å². The first-order valence-corrected chi connectivity index (χ1v) is 10.1. The molecule has 1 amide bonds. The number of nitrogens with two attached hydrogens (primary N) is 1. The van der Waals surface area contributed by atoms with Crippen LogP contribution in [0.5, 0.6) is 0 Å². The minimum Gasteiger partial charge on any atom is -0.345 e. The topological polar surface area (TPSA) is 111 Å². The van der Waals surface area contributed by atoms with Gasteiger partial charge in [-0.05, 0) is 51.8 Å². The Labute approximate surface area is 176 Å². The molecule has 3 rings (SSSR count). The molecule has 3 N–H and O–H groups in total. The van der Waals surface area contributed by atoms with Crippen LogP contribution < -0.4 is 11.2 Å². The number of benzene rings is 1. The largest absolute Gasteiger partial charge is 0.345 e. The van der Waals surface area contributed by atoms with Crippen LogP contribution in [0.1, 0.15) is 54.6 Å². The second kappa shape index (κ2) is 8.61. The summed E-state index contributed by atoms with van der Waals surface area (Å²) < 4.78 is 2.17. The smallest absolute Gasteiger partial charge is 0.251 e. The standard InChI is InChI=1S/C22H29N7O/c1-6-10-17-25-18-19(14(2)15(3)24-20(18)27-28-23)29(17)13-22(4,5)26-21(30)16-11-8-7-9-12-16/h7-9,11-12H,6,10,13H2,1-5H3,(H,26,30)(H2,23,24,27).